The third kappa shape index (κ3) is 3.48. The highest BCUT2D eigenvalue weighted by atomic mass is 16.5. The largest absolute Gasteiger partial charge is 0.462 e. The molecular formula is C13H24O3. The molecule has 3 nitrogen and oxygen atoms in total. The van der Waals surface area contributed by atoms with Gasteiger partial charge in [0.1, 0.15) is 6.10 Å². The van der Waals surface area contributed by atoms with Gasteiger partial charge in [0.25, 0.3) is 0 Å². The van der Waals surface area contributed by atoms with Crippen molar-refractivity contribution in [1.82, 2.24) is 0 Å². The van der Waals surface area contributed by atoms with Gasteiger partial charge in [-0.1, -0.05) is 13.8 Å². The lowest BCUT2D eigenvalue weighted by molar-refractivity contribution is -0.163. The number of carbonyl (C=O) groups is 1. The Bertz CT molecular complexity index is 238. The fourth-order valence-corrected chi connectivity index (χ4v) is 2.06. The number of ether oxygens (including phenoxy) is 1. The van der Waals surface area contributed by atoms with Crippen LogP contribution in [0.4, 0.5) is 0 Å². The minimum absolute atomic E-state index is 0.0999. The van der Waals surface area contributed by atoms with Crippen LogP contribution in [0, 0.1) is 11.3 Å². The van der Waals surface area contributed by atoms with E-state index in [1.54, 1.807) is 0 Å². The Labute approximate surface area is 98.2 Å². The Kier molecular flexibility index (Phi) is 4.36. The summed E-state index contributed by atoms with van der Waals surface area (Å²) in [5.74, 6) is 0.299. The molecule has 94 valence electrons. The van der Waals surface area contributed by atoms with Crippen LogP contribution >= 0.6 is 0 Å². The molecule has 0 aromatic carbocycles. The van der Waals surface area contributed by atoms with Crippen LogP contribution in [-0.4, -0.2) is 23.3 Å². The Morgan fingerprint density at radius 3 is 2.50 bits per heavy atom. The number of aliphatic hydroxyl groups excluding tert-OH is 1. The first kappa shape index (κ1) is 13.5. The molecule has 3 atom stereocenters. The summed E-state index contributed by atoms with van der Waals surface area (Å²) in [6, 6.07) is 0. The molecule has 3 unspecified atom stereocenters. The van der Waals surface area contributed by atoms with Crippen molar-refractivity contribution in [3.8, 4) is 0 Å². The van der Waals surface area contributed by atoms with E-state index in [0.717, 1.165) is 19.3 Å². The molecule has 1 saturated carbocycles. The van der Waals surface area contributed by atoms with E-state index in [-0.39, 0.29) is 18.2 Å². The molecular weight excluding hydrogens is 204 g/mol. The van der Waals surface area contributed by atoms with Crippen molar-refractivity contribution in [2.45, 2.75) is 65.6 Å². The van der Waals surface area contributed by atoms with Gasteiger partial charge in [-0.25, -0.2) is 0 Å². The fourth-order valence-electron chi connectivity index (χ4n) is 2.06. The van der Waals surface area contributed by atoms with Crippen LogP contribution in [0.2, 0.25) is 0 Å². The van der Waals surface area contributed by atoms with Gasteiger partial charge in [-0.15, -0.1) is 0 Å². The molecule has 3 heteroatoms. The molecule has 0 aliphatic heterocycles. The molecule has 0 radical (unpaired) electrons. The fraction of sp³-hybridized carbons (Fsp3) is 0.923. The highest BCUT2D eigenvalue weighted by Gasteiger charge is 2.33. The van der Waals surface area contributed by atoms with Gasteiger partial charge >= 0.3 is 5.97 Å². The van der Waals surface area contributed by atoms with Crippen molar-refractivity contribution in [2.75, 3.05) is 0 Å². The zero-order valence-corrected chi connectivity index (χ0v) is 10.8. The molecule has 1 fully saturated rings. The van der Waals surface area contributed by atoms with Crippen molar-refractivity contribution in [3.63, 3.8) is 0 Å². The van der Waals surface area contributed by atoms with Crippen molar-refractivity contribution >= 4 is 5.97 Å². The maximum Gasteiger partial charge on any atom is 0.311 e. The second-order valence-electron chi connectivity index (χ2n) is 5.73. The van der Waals surface area contributed by atoms with Crippen molar-refractivity contribution in [1.29, 1.82) is 0 Å². The maximum absolute atomic E-state index is 11.9. The number of esters is 1. The molecule has 16 heavy (non-hydrogen) atoms. The van der Waals surface area contributed by atoms with E-state index in [4.69, 9.17) is 4.74 Å². The lowest BCUT2D eigenvalue weighted by atomic mass is 9.86. The third-order valence-electron chi connectivity index (χ3n) is 3.58. The summed E-state index contributed by atoms with van der Waals surface area (Å²) in [7, 11) is 0. The lowest BCUT2D eigenvalue weighted by Gasteiger charge is -2.32. The van der Waals surface area contributed by atoms with Crippen LogP contribution in [-0.2, 0) is 9.53 Å². The van der Waals surface area contributed by atoms with Gasteiger partial charge in [-0.2, -0.15) is 0 Å². The Balaban J connectivity index is 2.51. The average molecular weight is 228 g/mol. The first-order chi connectivity index (χ1) is 7.35. The zero-order valence-electron chi connectivity index (χ0n) is 10.8. The highest BCUT2D eigenvalue weighted by molar-refractivity contribution is 5.76. The van der Waals surface area contributed by atoms with Crippen molar-refractivity contribution in [2.24, 2.45) is 11.3 Å². The Morgan fingerprint density at radius 2 is 2.00 bits per heavy atom. The topological polar surface area (TPSA) is 46.5 Å². The molecule has 0 saturated heterocycles. The predicted octanol–water partition coefficient (Wildman–Crippen LogP) is 2.52. The Morgan fingerprint density at radius 1 is 1.38 bits per heavy atom. The van der Waals surface area contributed by atoms with Gasteiger partial charge in [-0.05, 0) is 39.0 Å². The van der Waals surface area contributed by atoms with Crippen LogP contribution in [0.15, 0.2) is 0 Å². The highest BCUT2D eigenvalue weighted by Crippen LogP contribution is 2.29. The van der Waals surface area contributed by atoms with Crippen LogP contribution in [0.25, 0.3) is 0 Å². The summed E-state index contributed by atoms with van der Waals surface area (Å²) in [5.41, 5.74) is -0.411. The van der Waals surface area contributed by atoms with E-state index < -0.39 is 5.41 Å². The molecule has 1 N–H and O–H groups in total. The normalized spacial score (nSPS) is 31.2. The van der Waals surface area contributed by atoms with Crippen LogP contribution in [0.5, 0.6) is 0 Å². The third-order valence-corrected chi connectivity index (χ3v) is 3.58. The van der Waals surface area contributed by atoms with E-state index in [1.165, 1.54) is 0 Å². The summed E-state index contributed by atoms with van der Waals surface area (Å²) in [4.78, 5) is 11.9. The van der Waals surface area contributed by atoms with Crippen LogP contribution in [0.1, 0.15) is 53.4 Å². The molecule has 0 aromatic heterocycles. The van der Waals surface area contributed by atoms with E-state index in [0.29, 0.717) is 12.3 Å². The monoisotopic (exact) mass is 228 g/mol. The first-order valence-corrected chi connectivity index (χ1v) is 6.24. The number of carbonyl (C=O) groups excluding carboxylic acids is 1. The van der Waals surface area contributed by atoms with E-state index >= 15 is 0 Å². The number of hydrogen-bond donors (Lipinski definition) is 1. The minimum atomic E-state index is -0.411. The molecule has 0 aromatic rings. The summed E-state index contributed by atoms with van der Waals surface area (Å²) in [5, 5.41) is 9.63. The molecule has 1 rings (SSSR count). The van der Waals surface area contributed by atoms with Gasteiger partial charge in [0.2, 0.25) is 0 Å². The molecule has 0 heterocycles. The van der Waals surface area contributed by atoms with Gasteiger partial charge in [-0.3, -0.25) is 4.79 Å². The number of aliphatic hydroxyl groups is 1. The quantitative estimate of drug-likeness (QED) is 0.755. The zero-order chi connectivity index (χ0) is 12.3. The van der Waals surface area contributed by atoms with Crippen LogP contribution in [0.3, 0.4) is 0 Å². The molecule has 1 aliphatic carbocycles. The molecule has 0 bridgehead atoms. The summed E-state index contributed by atoms with van der Waals surface area (Å²) in [6.45, 7) is 7.88. The summed E-state index contributed by atoms with van der Waals surface area (Å²) in [6.07, 6.45) is 2.66. The second-order valence-corrected chi connectivity index (χ2v) is 5.73. The molecule has 1 aliphatic rings. The van der Waals surface area contributed by atoms with Gasteiger partial charge < -0.3 is 9.84 Å². The summed E-state index contributed by atoms with van der Waals surface area (Å²) < 4.78 is 5.49. The van der Waals surface area contributed by atoms with Crippen LogP contribution < -0.4 is 0 Å². The number of hydrogen-bond acceptors (Lipinski definition) is 3. The minimum Gasteiger partial charge on any atom is -0.462 e. The van der Waals surface area contributed by atoms with Crippen molar-refractivity contribution in [3.05, 3.63) is 0 Å². The molecule has 0 amide bonds. The second kappa shape index (κ2) is 5.17. The smallest absolute Gasteiger partial charge is 0.311 e. The number of rotatable bonds is 3. The van der Waals surface area contributed by atoms with Gasteiger partial charge in [0, 0.05) is 6.42 Å². The standard InChI is InChI=1S/C13H24O3/c1-5-13(3,4)12(15)16-11-7-9(2)6-10(14)8-11/h9-11,14H,5-8H2,1-4H3. The van der Waals surface area contributed by atoms with E-state index in [1.807, 2.05) is 20.8 Å². The maximum atomic E-state index is 11.9. The first-order valence-electron chi connectivity index (χ1n) is 6.24. The van der Waals surface area contributed by atoms with Crippen molar-refractivity contribution < 1.29 is 14.6 Å². The SMILES string of the molecule is CCC(C)(C)C(=O)OC1CC(C)CC(O)C1. The Hall–Kier alpha value is -0.570. The molecule has 0 spiro atoms. The van der Waals surface area contributed by atoms with E-state index in [9.17, 15) is 9.90 Å². The van der Waals surface area contributed by atoms with E-state index in [2.05, 4.69) is 6.92 Å². The average Bonchev–Trinajstić information content (AvgIpc) is 2.15. The van der Waals surface area contributed by atoms with Gasteiger partial charge in [0.15, 0.2) is 0 Å². The summed E-state index contributed by atoms with van der Waals surface area (Å²) >= 11 is 0. The van der Waals surface area contributed by atoms with Gasteiger partial charge in [0.05, 0.1) is 11.5 Å². The lowest BCUT2D eigenvalue weighted by Crippen LogP contribution is -2.36. The predicted molar refractivity (Wildman–Crippen MR) is 63.0 cm³/mol.